The Kier molecular flexibility index (Phi) is 4.37. The predicted octanol–water partition coefficient (Wildman–Crippen LogP) is 1.87. The van der Waals surface area contributed by atoms with Crippen LogP contribution in [0.15, 0.2) is 6.07 Å². The molecule has 5 heteroatoms. The van der Waals surface area contributed by atoms with Gasteiger partial charge < -0.3 is 5.32 Å². The van der Waals surface area contributed by atoms with Crippen LogP contribution < -0.4 is 5.32 Å². The molecule has 1 N–H and O–H groups in total. The van der Waals surface area contributed by atoms with E-state index in [1.54, 1.807) is 0 Å². The summed E-state index contributed by atoms with van der Waals surface area (Å²) in [7, 11) is -0.569. The Balaban J connectivity index is 1.55. The molecule has 1 aromatic heterocycles. The minimum Gasteiger partial charge on any atom is -0.309 e. The minimum atomic E-state index is -0.569. The monoisotopic (exact) mass is 298 g/mol. The molecule has 1 aliphatic heterocycles. The third-order valence-corrected chi connectivity index (χ3v) is 6.25. The van der Waals surface area contributed by atoms with E-state index in [1.165, 1.54) is 28.2 Å². The average Bonchev–Trinajstić information content (AvgIpc) is 3.16. The summed E-state index contributed by atoms with van der Waals surface area (Å²) in [6.07, 6.45) is 2.70. The van der Waals surface area contributed by atoms with Gasteiger partial charge in [-0.1, -0.05) is 0 Å². The van der Waals surface area contributed by atoms with Crippen LogP contribution in [0.4, 0.5) is 0 Å². The summed E-state index contributed by atoms with van der Waals surface area (Å²) < 4.78 is 11.4. The van der Waals surface area contributed by atoms with Crippen molar-refractivity contribution in [2.75, 3.05) is 24.6 Å². The van der Waals surface area contributed by atoms with Gasteiger partial charge in [0.2, 0.25) is 0 Å². The molecule has 2 heterocycles. The molecule has 3 nitrogen and oxygen atoms in total. The number of nitrogens with zero attached hydrogens (tertiary/aromatic N) is 1. The van der Waals surface area contributed by atoms with E-state index in [0.29, 0.717) is 0 Å². The van der Waals surface area contributed by atoms with Gasteiger partial charge in [-0.25, -0.2) is 0 Å². The zero-order valence-electron chi connectivity index (χ0n) is 11.5. The van der Waals surface area contributed by atoms with Crippen LogP contribution in [-0.4, -0.2) is 39.7 Å². The maximum absolute atomic E-state index is 11.4. The average molecular weight is 298 g/mol. The Bertz CT molecular complexity index is 458. The SMILES string of the molecule is Cc1sc(CNC2CC2)cc1CN1CCS(=O)CC1. The highest BCUT2D eigenvalue weighted by atomic mass is 32.2. The molecular weight excluding hydrogens is 276 g/mol. The Morgan fingerprint density at radius 3 is 2.84 bits per heavy atom. The van der Waals surface area contributed by atoms with Crippen molar-refractivity contribution in [3.05, 3.63) is 21.4 Å². The first-order valence-electron chi connectivity index (χ1n) is 7.09. The van der Waals surface area contributed by atoms with Crippen LogP contribution in [0.1, 0.15) is 28.2 Å². The lowest BCUT2D eigenvalue weighted by Crippen LogP contribution is -2.37. The molecule has 1 saturated carbocycles. The highest BCUT2D eigenvalue weighted by Crippen LogP contribution is 2.25. The predicted molar refractivity (Wildman–Crippen MR) is 82.1 cm³/mol. The summed E-state index contributed by atoms with van der Waals surface area (Å²) in [5.74, 6) is 1.69. The van der Waals surface area contributed by atoms with Crippen LogP contribution in [0.3, 0.4) is 0 Å². The van der Waals surface area contributed by atoms with Crippen LogP contribution in [0, 0.1) is 6.92 Å². The molecule has 1 aliphatic carbocycles. The molecule has 0 spiro atoms. The first kappa shape index (κ1) is 13.7. The number of nitrogens with one attached hydrogen (secondary N) is 1. The van der Waals surface area contributed by atoms with Crippen LogP contribution in [-0.2, 0) is 23.9 Å². The fourth-order valence-electron chi connectivity index (χ4n) is 2.44. The molecule has 106 valence electrons. The second kappa shape index (κ2) is 6.04. The van der Waals surface area contributed by atoms with Gasteiger partial charge in [0, 0.05) is 64.3 Å². The third kappa shape index (κ3) is 3.88. The maximum Gasteiger partial charge on any atom is 0.0363 e. The van der Waals surface area contributed by atoms with Gasteiger partial charge in [0.15, 0.2) is 0 Å². The number of hydrogen-bond acceptors (Lipinski definition) is 4. The van der Waals surface area contributed by atoms with Crippen molar-refractivity contribution in [3.63, 3.8) is 0 Å². The molecule has 0 aromatic carbocycles. The van der Waals surface area contributed by atoms with Crippen molar-refractivity contribution in [3.8, 4) is 0 Å². The number of rotatable bonds is 5. The largest absolute Gasteiger partial charge is 0.309 e. The van der Waals surface area contributed by atoms with E-state index in [0.717, 1.165) is 43.7 Å². The third-order valence-electron chi connectivity index (χ3n) is 3.88. The smallest absolute Gasteiger partial charge is 0.0363 e. The summed E-state index contributed by atoms with van der Waals surface area (Å²) in [6.45, 7) is 6.25. The highest BCUT2D eigenvalue weighted by Gasteiger charge is 2.21. The van der Waals surface area contributed by atoms with E-state index in [-0.39, 0.29) is 0 Å². The molecule has 2 fully saturated rings. The van der Waals surface area contributed by atoms with E-state index in [4.69, 9.17) is 0 Å². The Hall–Kier alpha value is -0.230. The molecular formula is C14H22N2OS2. The van der Waals surface area contributed by atoms with Gasteiger partial charge in [-0.3, -0.25) is 9.11 Å². The van der Waals surface area contributed by atoms with Crippen LogP contribution in [0.25, 0.3) is 0 Å². The normalized spacial score (nSPS) is 21.9. The summed E-state index contributed by atoms with van der Waals surface area (Å²) >= 11 is 1.92. The molecule has 3 rings (SSSR count). The summed E-state index contributed by atoms with van der Waals surface area (Å²) in [5.41, 5.74) is 1.46. The van der Waals surface area contributed by atoms with E-state index < -0.39 is 10.8 Å². The van der Waals surface area contributed by atoms with Crippen LogP contribution >= 0.6 is 11.3 Å². The van der Waals surface area contributed by atoms with Crippen molar-refractivity contribution in [2.24, 2.45) is 0 Å². The van der Waals surface area contributed by atoms with Crippen molar-refractivity contribution >= 4 is 22.1 Å². The number of aryl methyl sites for hydroxylation is 1. The molecule has 0 unspecified atom stereocenters. The molecule has 1 aromatic rings. The maximum atomic E-state index is 11.4. The lowest BCUT2D eigenvalue weighted by Gasteiger charge is -2.25. The van der Waals surface area contributed by atoms with E-state index >= 15 is 0 Å². The second-order valence-electron chi connectivity index (χ2n) is 5.57. The van der Waals surface area contributed by atoms with Gasteiger partial charge in [-0.2, -0.15) is 0 Å². The van der Waals surface area contributed by atoms with E-state index in [1.807, 2.05) is 11.3 Å². The first-order chi connectivity index (χ1) is 9.20. The number of thiophene rings is 1. The summed E-state index contributed by atoms with van der Waals surface area (Å²) in [4.78, 5) is 5.34. The second-order valence-corrected chi connectivity index (χ2v) is 8.61. The molecule has 0 atom stereocenters. The Labute approximate surface area is 121 Å². The standard InChI is InChI=1S/C14H22N2OS2/c1-11-12(10-16-4-6-19(17)7-5-16)8-14(18-11)9-15-13-2-3-13/h8,13,15H,2-7,9-10H2,1H3. The summed E-state index contributed by atoms with van der Waals surface area (Å²) in [6, 6.07) is 3.14. The molecule has 0 amide bonds. The van der Waals surface area contributed by atoms with E-state index in [9.17, 15) is 4.21 Å². The number of hydrogen-bond donors (Lipinski definition) is 1. The topological polar surface area (TPSA) is 32.3 Å². The minimum absolute atomic E-state index is 0.569. The van der Waals surface area contributed by atoms with Gasteiger partial charge in [0.1, 0.15) is 0 Å². The van der Waals surface area contributed by atoms with Gasteiger partial charge in [-0.15, -0.1) is 11.3 Å². The van der Waals surface area contributed by atoms with Gasteiger partial charge in [0.25, 0.3) is 0 Å². The fraction of sp³-hybridized carbons (Fsp3) is 0.714. The van der Waals surface area contributed by atoms with Gasteiger partial charge in [-0.05, 0) is 31.4 Å². The zero-order chi connectivity index (χ0) is 13.2. The molecule has 2 aliphatic rings. The lowest BCUT2D eigenvalue weighted by atomic mass is 10.2. The highest BCUT2D eigenvalue weighted by molar-refractivity contribution is 7.85. The first-order valence-corrected chi connectivity index (χ1v) is 9.40. The van der Waals surface area contributed by atoms with Gasteiger partial charge in [0.05, 0.1) is 0 Å². The molecule has 0 bridgehead atoms. The molecule has 0 radical (unpaired) electrons. The van der Waals surface area contributed by atoms with Crippen LogP contribution in [0.2, 0.25) is 0 Å². The molecule has 1 saturated heterocycles. The van der Waals surface area contributed by atoms with Crippen LogP contribution in [0.5, 0.6) is 0 Å². The van der Waals surface area contributed by atoms with Gasteiger partial charge >= 0.3 is 0 Å². The Morgan fingerprint density at radius 1 is 1.42 bits per heavy atom. The molecule has 19 heavy (non-hydrogen) atoms. The summed E-state index contributed by atoms with van der Waals surface area (Å²) in [5, 5.41) is 3.58. The quantitative estimate of drug-likeness (QED) is 0.901. The Morgan fingerprint density at radius 2 is 2.16 bits per heavy atom. The zero-order valence-corrected chi connectivity index (χ0v) is 13.1. The van der Waals surface area contributed by atoms with Crippen molar-refractivity contribution in [1.82, 2.24) is 10.2 Å². The van der Waals surface area contributed by atoms with E-state index in [2.05, 4.69) is 23.2 Å². The van der Waals surface area contributed by atoms with Crippen molar-refractivity contribution < 1.29 is 4.21 Å². The lowest BCUT2D eigenvalue weighted by molar-refractivity contribution is 0.291. The van der Waals surface area contributed by atoms with Crippen molar-refractivity contribution in [2.45, 2.75) is 38.9 Å². The van der Waals surface area contributed by atoms with Crippen molar-refractivity contribution in [1.29, 1.82) is 0 Å². The fourth-order valence-corrected chi connectivity index (χ4v) is 4.57.